The SMILES string of the molecule is CCCCC[C@H](F)[C@@H](F)C(=O)Nc1ccc(NCc2ccc(O)cc2)cc1. The number of alkyl halides is 2. The summed E-state index contributed by atoms with van der Waals surface area (Å²) in [6, 6.07) is 13.6. The number of halogens is 2. The maximum atomic E-state index is 13.9. The first kappa shape index (κ1) is 20.7. The summed E-state index contributed by atoms with van der Waals surface area (Å²) in [5.41, 5.74) is 2.24. The van der Waals surface area contributed by atoms with Crippen molar-refractivity contribution in [1.82, 2.24) is 0 Å². The average Bonchev–Trinajstić information content (AvgIpc) is 2.68. The van der Waals surface area contributed by atoms with E-state index in [-0.39, 0.29) is 12.2 Å². The maximum Gasteiger partial charge on any atom is 0.261 e. The molecule has 0 saturated carbocycles. The van der Waals surface area contributed by atoms with Crippen LogP contribution in [0.5, 0.6) is 5.75 Å². The van der Waals surface area contributed by atoms with E-state index in [4.69, 9.17) is 0 Å². The van der Waals surface area contributed by atoms with Gasteiger partial charge >= 0.3 is 0 Å². The highest BCUT2D eigenvalue weighted by Crippen LogP contribution is 2.18. The van der Waals surface area contributed by atoms with Crippen LogP contribution in [0, 0.1) is 0 Å². The number of unbranched alkanes of at least 4 members (excludes halogenated alkanes) is 2. The molecule has 2 aromatic carbocycles. The van der Waals surface area contributed by atoms with Crippen molar-refractivity contribution in [2.45, 2.75) is 51.5 Å². The lowest BCUT2D eigenvalue weighted by Gasteiger charge is -2.14. The second-order valence-corrected chi connectivity index (χ2v) is 6.50. The maximum absolute atomic E-state index is 13.9. The van der Waals surface area contributed by atoms with Crippen LogP contribution in [-0.4, -0.2) is 23.4 Å². The molecule has 0 aliphatic carbocycles. The van der Waals surface area contributed by atoms with E-state index >= 15 is 0 Å². The molecule has 2 rings (SSSR count). The third-order valence-electron chi connectivity index (χ3n) is 4.24. The smallest absolute Gasteiger partial charge is 0.261 e. The zero-order valence-corrected chi connectivity index (χ0v) is 15.4. The highest BCUT2D eigenvalue weighted by molar-refractivity contribution is 5.94. The number of phenols is 1. The van der Waals surface area contributed by atoms with Crippen molar-refractivity contribution in [3.63, 3.8) is 0 Å². The van der Waals surface area contributed by atoms with Gasteiger partial charge in [0.15, 0.2) is 0 Å². The van der Waals surface area contributed by atoms with Gasteiger partial charge in [-0.2, -0.15) is 0 Å². The Kier molecular flexibility index (Phi) is 8.04. The fraction of sp³-hybridized carbons (Fsp3) is 0.381. The van der Waals surface area contributed by atoms with Crippen molar-refractivity contribution in [3.05, 3.63) is 54.1 Å². The van der Waals surface area contributed by atoms with E-state index in [0.29, 0.717) is 18.7 Å². The Labute approximate surface area is 158 Å². The molecule has 27 heavy (non-hydrogen) atoms. The lowest BCUT2D eigenvalue weighted by atomic mass is 10.1. The standard InChI is InChI=1S/C21H26F2N2O2/c1-2-3-4-5-19(22)20(23)21(27)25-17-10-8-16(9-11-17)24-14-15-6-12-18(26)13-7-15/h6-13,19-20,24,26H,2-5,14H2,1H3,(H,25,27)/t19-,20+/m0/s1. The number of carbonyl (C=O) groups is 1. The molecular formula is C21H26F2N2O2. The topological polar surface area (TPSA) is 61.4 Å². The molecule has 4 nitrogen and oxygen atoms in total. The first-order valence-electron chi connectivity index (χ1n) is 9.20. The van der Waals surface area contributed by atoms with Crippen LogP contribution in [0.25, 0.3) is 0 Å². The summed E-state index contributed by atoms with van der Waals surface area (Å²) in [7, 11) is 0. The number of rotatable bonds is 10. The van der Waals surface area contributed by atoms with Crippen LogP contribution < -0.4 is 10.6 Å². The molecule has 0 radical (unpaired) electrons. The van der Waals surface area contributed by atoms with Gasteiger partial charge in [-0.1, -0.05) is 38.3 Å². The molecule has 0 fully saturated rings. The summed E-state index contributed by atoms with van der Waals surface area (Å²) in [5.74, 6) is -0.741. The fourth-order valence-corrected chi connectivity index (χ4v) is 2.60. The highest BCUT2D eigenvalue weighted by atomic mass is 19.2. The quantitative estimate of drug-likeness (QED) is 0.500. The van der Waals surface area contributed by atoms with Gasteiger partial charge in [0, 0.05) is 17.9 Å². The second kappa shape index (κ2) is 10.5. The third-order valence-corrected chi connectivity index (χ3v) is 4.24. The molecule has 0 spiro atoms. The van der Waals surface area contributed by atoms with Gasteiger partial charge in [-0.05, 0) is 48.4 Å². The minimum atomic E-state index is -2.16. The molecule has 2 aromatic rings. The van der Waals surface area contributed by atoms with E-state index < -0.39 is 18.3 Å². The number of aromatic hydroxyl groups is 1. The molecule has 0 aliphatic heterocycles. The molecule has 0 heterocycles. The molecule has 3 N–H and O–H groups in total. The Morgan fingerprint density at radius 3 is 2.26 bits per heavy atom. The lowest BCUT2D eigenvalue weighted by Crippen LogP contribution is -2.32. The van der Waals surface area contributed by atoms with Gasteiger partial charge < -0.3 is 15.7 Å². The van der Waals surface area contributed by atoms with Crippen molar-refractivity contribution in [2.75, 3.05) is 10.6 Å². The number of phenolic OH excluding ortho intramolecular Hbond substituents is 1. The number of hydrogen-bond acceptors (Lipinski definition) is 3. The molecule has 0 aromatic heterocycles. The number of carbonyl (C=O) groups excluding carboxylic acids is 1. The summed E-state index contributed by atoms with van der Waals surface area (Å²) < 4.78 is 27.7. The lowest BCUT2D eigenvalue weighted by molar-refractivity contribution is -0.123. The van der Waals surface area contributed by atoms with Crippen LogP contribution in [0.1, 0.15) is 38.2 Å². The number of nitrogens with one attached hydrogen (secondary N) is 2. The zero-order chi connectivity index (χ0) is 19.6. The monoisotopic (exact) mass is 376 g/mol. The number of anilines is 2. The third kappa shape index (κ3) is 6.89. The van der Waals surface area contributed by atoms with Crippen LogP contribution in [0.2, 0.25) is 0 Å². The van der Waals surface area contributed by atoms with Gasteiger partial charge in [0.25, 0.3) is 5.91 Å². The minimum absolute atomic E-state index is 0.0581. The number of benzene rings is 2. The van der Waals surface area contributed by atoms with Crippen molar-refractivity contribution in [2.24, 2.45) is 0 Å². The first-order chi connectivity index (χ1) is 13.0. The average molecular weight is 376 g/mol. The summed E-state index contributed by atoms with van der Waals surface area (Å²) in [5, 5.41) is 14.9. The highest BCUT2D eigenvalue weighted by Gasteiger charge is 2.27. The van der Waals surface area contributed by atoms with E-state index in [1.54, 1.807) is 36.4 Å². The van der Waals surface area contributed by atoms with Crippen molar-refractivity contribution < 1.29 is 18.7 Å². The van der Waals surface area contributed by atoms with Gasteiger partial charge in [0.1, 0.15) is 11.9 Å². The van der Waals surface area contributed by atoms with Gasteiger partial charge in [0.2, 0.25) is 6.17 Å². The molecule has 0 saturated heterocycles. The van der Waals surface area contributed by atoms with E-state index in [2.05, 4.69) is 10.6 Å². The molecule has 0 unspecified atom stereocenters. The van der Waals surface area contributed by atoms with Gasteiger partial charge in [0.05, 0.1) is 0 Å². The second-order valence-electron chi connectivity index (χ2n) is 6.50. The van der Waals surface area contributed by atoms with E-state index in [0.717, 1.165) is 24.1 Å². The molecule has 0 bridgehead atoms. The molecule has 6 heteroatoms. The Bertz CT molecular complexity index is 705. The van der Waals surface area contributed by atoms with Crippen LogP contribution in [0.4, 0.5) is 20.2 Å². The minimum Gasteiger partial charge on any atom is -0.508 e. The largest absolute Gasteiger partial charge is 0.508 e. The summed E-state index contributed by atoms with van der Waals surface area (Å²) in [4.78, 5) is 11.8. The Hall–Kier alpha value is -2.63. The predicted molar refractivity (Wildman–Crippen MR) is 104 cm³/mol. The van der Waals surface area contributed by atoms with Gasteiger partial charge in [-0.15, -0.1) is 0 Å². The van der Waals surface area contributed by atoms with E-state index in [1.165, 1.54) is 0 Å². The molecule has 0 aliphatic rings. The van der Waals surface area contributed by atoms with Crippen molar-refractivity contribution in [1.29, 1.82) is 0 Å². The van der Waals surface area contributed by atoms with Gasteiger partial charge in [-0.3, -0.25) is 4.79 Å². The van der Waals surface area contributed by atoms with Gasteiger partial charge in [-0.25, -0.2) is 8.78 Å². The zero-order valence-electron chi connectivity index (χ0n) is 15.4. The van der Waals surface area contributed by atoms with E-state index in [1.807, 2.05) is 19.1 Å². The molecule has 146 valence electrons. The summed E-state index contributed by atoms with van der Waals surface area (Å²) >= 11 is 0. The Balaban J connectivity index is 1.81. The molecule has 2 atom stereocenters. The molecule has 1 amide bonds. The Morgan fingerprint density at radius 2 is 1.63 bits per heavy atom. The van der Waals surface area contributed by atoms with Crippen LogP contribution >= 0.6 is 0 Å². The number of amides is 1. The summed E-state index contributed by atoms with van der Waals surface area (Å²) in [6.45, 7) is 2.55. The van der Waals surface area contributed by atoms with Crippen LogP contribution in [-0.2, 0) is 11.3 Å². The van der Waals surface area contributed by atoms with Crippen LogP contribution in [0.3, 0.4) is 0 Å². The fourth-order valence-electron chi connectivity index (χ4n) is 2.60. The van der Waals surface area contributed by atoms with Crippen LogP contribution in [0.15, 0.2) is 48.5 Å². The van der Waals surface area contributed by atoms with E-state index in [9.17, 15) is 18.7 Å². The predicted octanol–water partition coefficient (Wildman–Crippen LogP) is 5.20. The molecular weight excluding hydrogens is 350 g/mol. The first-order valence-corrected chi connectivity index (χ1v) is 9.20. The summed E-state index contributed by atoms with van der Waals surface area (Å²) in [6.07, 6.45) is -1.55. The number of hydrogen-bond donors (Lipinski definition) is 3. The van der Waals surface area contributed by atoms with Crippen molar-refractivity contribution >= 4 is 17.3 Å². The Morgan fingerprint density at radius 1 is 1.00 bits per heavy atom. The normalized spacial score (nSPS) is 13.0. The van der Waals surface area contributed by atoms with Crippen molar-refractivity contribution in [3.8, 4) is 5.75 Å².